The largest absolute Gasteiger partial charge is 0.481 e. The molecule has 1 saturated carbocycles. The Bertz CT molecular complexity index is 535. The van der Waals surface area contributed by atoms with Crippen LogP contribution < -0.4 is 0 Å². The van der Waals surface area contributed by atoms with Crippen LogP contribution in [-0.4, -0.2) is 22.6 Å². The molecule has 20 heavy (non-hydrogen) atoms. The molecule has 0 bridgehead atoms. The van der Waals surface area contributed by atoms with Gasteiger partial charge in [-0.3, -0.25) is 14.4 Å². The van der Waals surface area contributed by atoms with Crippen molar-refractivity contribution in [2.24, 2.45) is 11.8 Å². The van der Waals surface area contributed by atoms with Crippen LogP contribution in [0.3, 0.4) is 0 Å². The number of carboxylic acids is 1. The van der Waals surface area contributed by atoms with E-state index in [9.17, 15) is 14.4 Å². The Balaban J connectivity index is 2.14. The minimum atomic E-state index is -0.986. The maximum atomic E-state index is 12.4. The molecule has 5 heteroatoms. The van der Waals surface area contributed by atoms with Gasteiger partial charge in [-0.15, -0.1) is 0 Å². The van der Waals surface area contributed by atoms with Gasteiger partial charge < -0.3 is 5.11 Å². The Morgan fingerprint density at radius 2 is 1.85 bits per heavy atom. The standard InChI is InChI=1S/C15H15BrO4/c16-11-6-4-9(5-7-11)14(19)12-3-1-2-10(15(12)20)8-13(17)18/h4-7,10,12H,1-3,8H2,(H,17,18). The quantitative estimate of drug-likeness (QED) is 0.676. The maximum absolute atomic E-state index is 12.4. The Morgan fingerprint density at radius 3 is 2.45 bits per heavy atom. The van der Waals surface area contributed by atoms with Crippen molar-refractivity contribution >= 4 is 33.5 Å². The second kappa shape index (κ2) is 6.31. The van der Waals surface area contributed by atoms with Crippen LogP contribution in [-0.2, 0) is 9.59 Å². The van der Waals surface area contributed by atoms with E-state index in [1.807, 2.05) is 0 Å². The van der Waals surface area contributed by atoms with Crippen LogP contribution in [0, 0.1) is 11.8 Å². The highest BCUT2D eigenvalue weighted by atomic mass is 79.9. The number of ketones is 2. The normalized spacial score (nSPS) is 22.6. The Kier molecular flexibility index (Phi) is 4.70. The number of rotatable bonds is 4. The lowest BCUT2D eigenvalue weighted by Crippen LogP contribution is -2.35. The average molecular weight is 339 g/mol. The third-order valence-electron chi connectivity index (χ3n) is 3.66. The predicted octanol–water partition coefficient (Wildman–Crippen LogP) is 3.09. The summed E-state index contributed by atoms with van der Waals surface area (Å²) in [6.07, 6.45) is 1.62. The summed E-state index contributed by atoms with van der Waals surface area (Å²) in [4.78, 5) is 35.4. The lowest BCUT2D eigenvalue weighted by Gasteiger charge is -2.26. The van der Waals surface area contributed by atoms with E-state index >= 15 is 0 Å². The van der Waals surface area contributed by atoms with Crippen molar-refractivity contribution in [1.82, 2.24) is 0 Å². The molecule has 0 aliphatic heterocycles. The number of hydrogen-bond acceptors (Lipinski definition) is 3. The van der Waals surface area contributed by atoms with Crippen LogP contribution in [0.5, 0.6) is 0 Å². The summed E-state index contributed by atoms with van der Waals surface area (Å²) in [6, 6.07) is 6.88. The third kappa shape index (κ3) is 3.33. The van der Waals surface area contributed by atoms with Gasteiger partial charge in [0.2, 0.25) is 0 Å². The Morgan fingerprint density at radius 1 is 1.20 bits per heavy atom. The fourth-order valence-electron chi connectivity index (χ4n) is 2.63. The van der Waals surface area contributed by atoms with Crippen LogP contribution in [0.1, 0.15) is 36.0 Å². The first kappa shape index (κ1) is 14.9. The first-order chi connectivity index (χ1) is 9.49. The van der Waals surface area contributed by atoms with Gasteiger partial charge in [0.1, 0.15) is 5.78 Å². The molecule has 0 spiro atoms. The monoisotopic (exact) mass is 338 g/mol. The molecule has 2 unspecified atom stereocenters. The van der Waals surface area contributed by atoms with Crippen molar-refractivity contribution in [3.8, 4) is 0 Å². The van der Waals surface area contributed by atoms with Crippen LogP contribution in [0.2, 0.25) is 0 Å². The topological polar surface area (TPSA) is 71.4 Å². The molecule has 0 heterocycles. The van der Waals surface area contributed by atoms with Gasteiger partial charge in [-0.2, -0.15) is 0 Å². The molecule has 2 atom stereocenters. The Labute approximate surface area is 125 Å². The molecule has 2 rings (SSSR count). The summed E-state index contributed by atoms with van der Waals surface area (Å²) < 4.78 is 0.868. The van der Waals surface area contributed by atoms with Gasteiger partial charge in [0.15, 0.2) is 5.78 Å². The van der Waals surface area contributed by atoms with E-state index in [-0.39, 0.29) is 18.0 Å². The molecule has 1 aliphatic carbocycles. The number of hydrogen-bond donors (Lipinski definition) is 1. The maximum Gasteiger partial charge on any atom is 0.304 e. The second-order valence-electron chi connectivity index (χ2n) is 5.05. The van der Waals surface area contributed by atoms with Crippen molar-refractivity contribution in [3.05, 3.63) is 34.3 Å². The van der Waals surface area contributed by atoms with Gasteiger partial charge in [0.05, 0.1) is 12.3 Å². The zero-order valence-corrected chi connectivity index (χ0v) is 12.4. The number of aliphatic carboxylic acids is 1. The zero-order chi connectivity index (χ0) is 14.7. The van der Waals surface area contributed by atoms with E-state index in [1.165, 1.54) is 0 Å². The smallest absolute Gasteiger partial charge is 0.304 e. The molecule has 0 saturated heterocycles. The molecule has 4 nitrogen and oxygen atoms in total. The van der Waals surface area contributed by atoms with Crippen molar-refractivity contribution in [1.29, 1.82) is 0 Å². The average Bonchev–Trinajstić information content (AvgIpc) is 2.41. The van der Waals surface area contributed by atoms with Crippen molar-refractivity contribution in [2.45, 2.75) is 25.7 Å². The van der Waals surface area contributed by atoms with Crippen LogP contribution in [0.15, 0.2) is 28.7 Å². The number of halogens is 1. The van der Waals surface area contributed by atoms with Crippen LogP contribution in [0.25, 0.3) is 0 Å². The van der Waals surface area contributed by atoms with Gasteiger partial charge in [0, 0.05) is 16.0 Å². The van der Waals surface area contributed by atoms with Crippen LogP contribution >= 0.6 is 15.9 Å². The van der Waals surface area contributed by atoms with Gasteiger partial charge in [0.25, 0.3) is 0 Å². The fourth-order valence-corrected chi connectivity index (χ4v) is 2.89. The number of carbonyl (C=O) groups excluding carboxylic acids is 2. The molecule has 1 aromatic rings. The molecular formula is C15H15BrO4. The number of carbonyl (C=O) groups is 3. The molecular weight excluding hydrogens is 324 g/mol. The van der Waals surface area contributed by atoms with E-state index in [0.29, 0.717) is 18.4 Å². The predicted molar refractivity (Wildman–Crippen MR) is 76.6 cm³/mol. The molecule has 0 amide bonds. The van der Waals surface area contributed by atoms with Crippen LogP contribution in [0.4, 0.5) is 0 Å². The minimum Gasteiger partial charge on any atom is -0.481 e. The summed E-state index contributed by atoms with van der Waals surface area (Å²) in [6.45, 7) is 0. The molecule has 0 radical (unpaired) electrons. The van der Waals surface area contributed by atoms with Gasteiger partial charge in [-0.1, -0.05) is 34.5 Å². The molecule has 1 aromatic carbocycles. The van der Waals surface area contributed by atoms with Gasteiger partial charge in [-0.25, -0.2) is 0 Å². The highest BCUT2D eigenvalue weighted by molar-refractivity contribution is 9.10. The van der Waals surface area contributed by atoms with Gasteiger partial charge in [-0.05, 0) is 25.0 Å². The van der Waals surface area contributed by atoms with Gasteiger partial charge >= 0.3 is 5.97 Å². The first-order valence-electron chi connectivity index (χ1n) is 6.54. The fraction of sp³-hybridized carbons (Fsp3) is 0.400. The van der Waals surface area contributed by atoms with E-state index in [1.54, 1.807) is 24.3 Å². The highest BCUT2D eigenvalue weighted by Gasteiger charge is 2.36. The minimum absolute atomic E-state index is 0.178. The van der Waals surface area contributed by atoms with E-state index < -0.39 is 17.8 Å². The molecule has 1 fully saturated rings. The lowest BCUT2D eigenvalue weighted by atomic mass is 9.75. The zero-order valence-electron chi connectivity index (χ0n) is 10.8. The summed E-state index contributed by atoms with van der Waals surface area (Å²) in [5.41, 5.74) is 0.502. The summed E-state index contributed by atoms with van der Waals surface area (Å²) in [5.74, 6) is -2.61. The molecule has 0 aromatic heterocycles. The number of benzene rings is 1. The van der Waals surface area contributed by atoms with Crippen molar-refractivity contribution in [3.63, 3.8) is 0 Å². The molecule has 1 aliphatic rings. The summed E-state index contributed by atoms with van der Waals surface area (Å²) in [7, 11) is 0. The molecule has 106 valence electrons. The lowest BCUT2D eigenvalue weighted by molar-refractivity contribution is -0.142. The van der Waals surface area contributed by atoms with E-state index in [4.69, 9.17) is 5.11 Å². The molecule has 1 N–H and O–H groups in total. The highest BCUT2D eigenvalue weighted by Crippen LogP contribution is 2.30. The van der Waals surface area contributed by atoms with E-state index in [0.717, 1.165) is 10.9 Å². The third-order valence-corrected chi connectivity index (χ3v) is 4.19. The summed E-state index contributed by atoms with van der Waals surface area (Å²) >= 11 is 3.30. The Hall–Kier alpha value is -1.49. The second-order valence-corrected chi connectivity index (χ2v) is 5.97. The van der Waals surface area contributed by atoms with E-state index in [2.05, 4.69) is 15.9 Å². The SMILES string of the molecule is O=C(O)CC1CCCC(C(=O)c2ccc(Br)cc2)C1=O. The van der Waals surface area contributed by atoms with Crippen molar-refractivity contribution in [2.75, 3.05) is 0 Å². The van der Waals surface area contributed by atoms with Crippen molar-refractivity contribution < 1.29 is 19.5 Å². The number of carboxylic acid groups (broad SMARTS) is 1. The first-order valence-corrected chi connectivity index (χ1v) is 7.33. The summed E-state index contributed by atoms with van der Waals surface area (Å²) in [5, 5.41) is 8.81. The number of Topliss-reactive ketones (excluding diaryl/α,β-unsaturated/α-hetero) is 2.